The number of hydrogen-bond donors (Lipinski definition) is 2. The van der Waals surface area contributed by atoms with Gasteiger partial charge in [0.2, 0.25) is 0 Å². The Kier molecular flexibility index (Phi) is 4.02. The van der Waals surface area contributed by atoms with Gasteiger partial charge in [-0.15, -0.1) is 0 Å². The molecule has 1 aromatic carbocycles. The van der Waals surface area contributed by atoms with Gasteiger partial charge in [0, 0.05) is 12.1 Å². The van der Waals surface area contributed by atoms with Crippen LogP contribution in [0, 0.1) is 0 Å². The summed E-state index contributed by atoms with van der Waals surface area (Å²) in [6, 6.07) is 9.36. The molecule has 0 unspecified atom stereocenters. The lowest BCUT2D eigenvalue weighted by atomic mass is 10.2. The Morgan fingerprint density at radius 3 is 2.71 bits per heavy atom. The van der Waals surface area contributed by atoms with Crippen molar-refractivity contribution < 1.29 is 5.11 Å². The summed E-state index contributed by atoms with van der Waals surface area (Å²) in [6.07, 6.45) is 1.74. The molecule has 88 valence electrons. The van der Waals surface area contributed by atoms with Crippen molar-refractivity contribution in [1.29, 1.82) is 0 Å². The fourth-order valence-corrected chi connectivity index (χ4v) is 2.02. The number of nitrogens with zero attached hydrogens (tertiary/aromatic N) is 1. The van der Waals surface area contributed by atoms with Crippen LogP contribution in [0.5, 0.6) is 5.75 Å². The van der Waals surface area contributed by atoms with Crippen LogP contribution in [0.3, 0.4) is 0 Å². The average Bonchev–Trinajstić information content (AvgIpc) is 2.33. The second-order valence-electron chi connectivity index (χ2n) is 3.47. The summed E-state index contributed by atoms with van der Waals surface area (Å²) >= 11 is 6.56. The third-order valence-electron chi connectivity index (χ3n) is 2.28. The maximum Gasteiger partial charge on any atom is 0.134 e. The summed E-state index contributed by atoms with van der Waals surface area (Å²) < 4.78 is 1.50. The van der Waals surface area contributed by atoms with E-state index in [1.807, 2.05) is 24.3 Å². The van der Waals surface area contributed by atoms with Crippen LogP contribution in [0.25, 0.3) is 0 Å². The van der Waals surface area contributed by atoms with Crippen LogP contribution in [0.4, 0.5) is 5.69 Å². The molecule has 1 aromatic heterocycles. The average molecular weight is 358 g/mol. The topological polar surface area (TPSA) is 45.1 Å². The van der Waals surface area contributed by atoms with Crippen LogP contribution in [-0.2, 0) is 6.54 Å². The Labute approximate surface area is 116 Å². The van der Waals surface area contributed by atoms with Gasteiger partial charge < -0.3 is 10.4 Å². The fraction of sp³-hybridized carbons (Fsp3) is 0.0833. The molecule has 0 saturated carbocycles. The van der Waals surface area contributed by atoms with Crippen molar-refractivity contribution in [2.45, 2.75) is 6.54 Å². The van der Waals surface area contributed by atoms with Gasteiger partial charge in [-0.3, -0.25) is 0 Å². The molecule has 0 aliphatic heterocycles. The molecule has 0 radical (unpaired) electrons. The Morgan fingerprint density at radius 1 is 1.18 bits per heavy atom. The van der Waals surface area contributed by atoms with Gasteiger partial charge >= 0.3 is 0 Å². The summed E-state index contributed by atoms with van der Waals surface area (Å²) in [7, 11) is 0. The van der Waals surface area contributed by atoms with Crippen molar-refractivity contribution in [3.05, 3.63) is 51.2 Å². The normalized spacial score (nSPS) is 10.2. The van der Waals surface area contributed by atoms with Gasteiger partial charge in [0.05, 0.1) is 16.4 Å². The largest absolute Gasteiger partial charge is 0.506 e. The first-order valence-corrected chi connectivity index (χ1v) is 6.57. The van der Waals surface area contributed by atoms with Crippen LogP contribution < -0.4 is 5.32 Å². The Morgan fingerprint density at radius 2 is 2.00 bits per heavy atom. The Balaban J connectivity index is 2.07. The second-order valence-corrected chi connectivity index (χ2v) is 5.14. The van der Waals surface area contributed by atoms with E-state index in [4.69, 9.17) is 0 Å². The lowest BCUT2D eigenvalue weighted by Gasteiger charge is -2.08. The van der Waals surface area contributed by atoms with E-state index in [0.29, 0.717) is 11.0 Å². The smallest absolute Gasteiger partial charge is 0.134 e. The molecule has 0 fully saturated rings. The summed E-state index contributed by atoms with van der Waals surface area (Å²) in [6.45, 7) is 0.550. The molecule has 0 aliphatic rings. The molecule has 0 amide bonds. The monoisotopic (exact) mass is 356 g/mol. The highest BCUT2D eigenvalue weighted by atomic mass is 79.9. The molecular weight excluding hydrogens is 348 g/mol. The van der Waals surface area contributed by atoms with E-state index in [1.165, 1.54) is 0 Å². The summed E-state index contributed by atoms with van der Waals surface area (Å²) in [5.41, 5.74) is 1.75. The maximum atomic E-state index is 9.81. The van der Waals surface area contributed by atoms with Crippen LogP contribution in [0.2, 0.25) is 0 Å². The quantitative estimate of drug-likeness (QED) is 0.818. The van der Waals surface area contributed by atoms with Crippen molar-refractivity contribution in [3.8, 4) is 5.75 Å². The number of phenols is 1. The zero-order chi connectivity index (χ0) is 12.3. The first-order valence-electron chi connectivity index (χ1n) is 4.98. The number of aromatic hydroxyl groups is 1. The number of nitrogens with one attached hydrogen (secondary N) is 1. The van der Waals surface area contributed by atoms with Gasteiger partial charge in [0.15, 0.2) is 0 Å². The lowest BCUT2D eigenvalue weighted by Crippen LogP contribution is -2.00. The molecule has 2 N–H and O–H groups in total. The molecular formula is C12H10Br2N2O. The fourth-order valence-electron chi connectivity index (χ4n) is 1.38. The maximum absolute atomic E-state index is 9.81. The zero-order valence-corrected chi connectivity index (χ0v) is 12.0. The van der Waals surface area contributed by atoms with Crippen molar-refractivity contribution in [2.24, 2.45) is 0 Å². The minimum atomic E-state index is 0.269. The van der Waals surface area contributed by atoms with Crippen LogP contribution in [-0.4, -0.2) is 10.1 Å². The first-order chi connectivity index (χ1) is 8.16. The predicted molar refractivity (Wildman–Crippen MR) is 75.1 cm³/mol. The molecule has 0 bridgehead atoms. The second kappa shape index (κ2) is 5.51. The minimum Gasteiger partial charge on any atom is -0.506 e. The van der Waals surface area contributed by atoms with Gasteiger partial charge in [0.25, 0.3) is 0 Å². The van der Waals surface area contributed by atoms with Crippen molar-refractivity contribution in [1.82, 2.24) is 4.98 Å². The van der Waals surface area contributed by atoms with E-state index in [0.717, 1.165) is 15.9 Å². The van der Waals surface area contributed by atoms with Crippen molar-refractivity contribution >= 4 is 37.5 Å². The third kappa shape index (κ3) is 3.20. The lowest BCUT2D eigenvalue weighted by molar-refractivity contribution is 0.465. The number of rotatable bonds is 3. The Bertz CT molecular complexity index is 514. The minimum absolute atomic E-state index is 0.269. The van der Waals surface area contributed by atoms with Crippen LogP contribution in [0.1, 0.15) is 5.56 Å². The van der Waals surface area contributed by atoms with E-state index in [9.17, 15) is 5.11 Å². The van der Waals surface area contributed by atoms with Crippen LogP contribution >= 0.6 is 31.9 Å². The van der Waals surface area contributed by atoms with Gasteiger partial charge in [0.1, 0.15) is 10.4 Å². The van der Waals surface area contributed by atoms with Gasteiger partial charge in [-0.2, -0.15) is 0 Å². The molecule has 2 aromatic rings. The molecule has 1 heterocycles. The van der Waals surface area contributed by atoms with E-state index >= 15 is 0 Å². The molecule has 3 nitrogen and oxygen atoms in total. The molecule has 0 saturated heterocycles. The number of anilines is 1. The van der Waals surface area contributed by atoms with Gasteiger partial charge in [-0.05, 0) is 50.1 Å². The first kappa shape index (κ1) is 12.4. The highest BCUT2D eigenvalue weighted by molar-refractivity contribution is 9.10. The zero-order valence-electron chi connectivity index (χ0n) is 8.82. The van der Waals surface area contributed by atoms with Crippen LogP contribution in [0.15, 0.2) is 45.6 Å². The Hall–Kier alpha value is -1.07. The molecule has 17 heavy (non-hydrogen) atoms. The summed E-state index contributed by atoms with van der Waals surface area (Å²) in [5, 5.41) is 13.0. The van der Waals surface area contributed by atoms with E-state index < -0.39 is 0 Å². The highest BCUT2D eigenvalue weighted by Gasteiger charge is 2.04. The standard InChI is InChI=1S/C12H10Br2N2O/c13-10-3-1-2-8(12(10)17)6-15-9-4-5-11(14)16-7-9/h1-5,7,15,17H,6H2. The number of halogens is 2. The van der Waals surface area contributed by atoms with E-state index in [1.54, 1.807) is 12.3 Å². The third-order valence-corrected chi connectivity index (χ3v) is 3.39. The molecule has 0 aliphatic carbocycles. The SMILES string of the molecule is Oc1c(Br)cccc1CNc1ccc(Br)nc1. The number of benzene rings is 1. The van der Waals surface area contributed by atoms with Gasteiger partial charge in [-0.1, -0.05) is 12.1 Å². The number of para-hydroxylation sites is 1. The van der Waals surface area contributed by atoms with E-state index in [-0.39, 0.29) is 5.75 Å². The number of pyridine rings is 1. The number of hydrogen-bond acceptors (Lipinski definition) is 3. The van der Waals surface area contributed by atoms with Crippen molar-refractivity contribution in [2.75, 3.05) is 5.32 Å². The number of aromatic nitrogens is 1. The van der Waals surface area contributed by atoms with E-state index in [2.05, 4.69) is 42.2 Å². The summed E-state index contributed by atoms with van der Waals surface area (Å²) in [4.78, 5) is 4.11. The predicted octanol–water partition coefficient (Wildman–Crippen LogP) is 3.92. The molecule has 2 rings (SSSR count). The molecule has 0 atom stereocenters. The highest BCUT2D eigenvalue weighted by Crippen LogP contribution is 2.27. The number of phenolic OH excluding ortho intramolecular Hbond substituents is 1. The summed E-state index contributed by atoms with van der Waals surface area (Å²) in [5.74, 6) is 0.269. The van der Waals surface area contributed by atoms with Crippen molar-refractivity contribution in [3.63, 3.8) is 0 Å². The molecule has 5 heteroatoms. The van der Waals surface area contributed by atoms with Gasteiger partial charge in [-0.25, -0.2) is 4.98 Å². The molecule has 0 spiro atoms.